The quantitative estimate of drug-likeness (QED) is 0.843. The van der Waals surface area contributed by atoms with Crippen molar-refractivity contribution in [3.05, 3.63) is 34.9 Å². The normalized spacial score (nSPS) is 10.4. The van der Waals surface area contributed by atoms with Gasteiger partial charge >= 0.3 is 0 Å². The van der Waals surface area contributed by atoms with Gasteiger partial charge < -0.3 is 10.2 Å². The lowest BCUT2D eigenvalue weighted by Gasteiger charge is -2.15. The van der Waals surface area contributed by atoms with Crippen LogP contribution in [-0.2, 0) is 11.3 Å². The minimum absolute atomic E-state index is 0.137. The maximum absolute atomic E-state index is 11.6. The van der Waals surface area contributed by atoms with Crippen LogP contribution in [0.4, 0.5) is 0 Å². The fourth-order valence-electron chi connectivity index (χ4n) is 1.61. The van der Waals surface area contributed by atoms with E-state index in [0.29, 0.717) is 6.54 Å². The van der Waals surface area contributed by atoms with Crippen molar-refractivity contribution in [2.24, 2.45) is 0 Å². The highest BCUT2D eigenvalue weighted by Crippen LogP contribution is 2.09. The highest BCUT2D eigenvalue weighted by molar-refractivity contribution is 5.77. The van der Waals surface area contributed by atoms with E-state index in [1.165, 1.54) is 16.7 Å². The van der Waals surface area contributed by atoms with E-state index >= 15 is 0 Å². The summed E-state index contributed by atoms with van der Waals surface area (Å²) in [5.41, 5.74) is 3.78. The van der Waals surface area contributed by atoms with Crippen LogP contribution in [0, 0.1) is 13.8 Å². The highest BCUT2D eigenvalue weighted by atomic mass is 16.2. The van der Waals surface area contributed by atoms with Crippen molar-refractivity contribution in [3.63, 3.8) is 0 Å². The fourth-order valence-corrected chi connectivity index (χ4v) is 1.61. The van der Waals surface area contributed by atoms with Crippen LogP contribution >= 0.6 is 0 Å². The lowest BCUT2D eigenvalue weighted by atomic mass is 10.1. The van der Waals surface area contributed by atoms with Crippen molar-refractivity contribution in [2.45, 2.75) is 27.3 Å². The molecule has 1 amide bonds. The Balaban J connectivity index is 2.46. The molecule has 0 aliphatic heterocycles. The second-order valence-corrected chi connectivity index (χ2v) is 4.44. The molecule has 3 nitrogen and oxygen atoms in total. The molecule has 0 bridgehead atoms. The summed E-state index contributed by atoms with van der Waals surface area (Å²) in [6, 6.07) is 6.39. The van der Waals surface area contributed by atoms with Gasteiger partial charge in [-0.15, -0.1) is 0 Å². The third-order valence-corrected chi connectivity index (χ3v) is 3.00. The summed E-state index contributed by atoms with van der Waals surface area (Å²) in [6.07, 6.45) is 0. The number of amides is 1. The third kappa shape index (κ3) is 4.19. The number of likely N-dealkylation sites (N-methyl/N-ethyl adjacent to an activating group) is 1. The maximum Gasteiger partial charge on any atom is 0.236 e. The summed E-state index contributed by atoms with van der Waals surface area (Å²) in [6.45, 7) is 8.05. The number of rotatable bonds is 5. The molecule has 0 radical (unpaired) electrons. The van der Waals surface area contributed by atoms with Crippen molar-refractivity contribution >= 4 is 5.91 Å². The van der Waals surface area contributed by atoms with Crippen LogP contribution < -0.4 is 5.32 Å². The fraction of sp³-hybridized carbons (Fsp3) is 0.500. The minimum Gasteiger partial charge on any atom is -0.345 e. The van der Waals surface area contributed by atoms with Gasteiger partial charge in [0.1, 0.15) is 0 Å². The van der Waals surface area contributed by atoms with Crippen LogP contribution in [0.3, 0.4) is 0 Å². The van der Waals surface area contributed by atoms with Crippen LogP contribution in [-0.4, -0.2) is 30.9 Å². The van der Waals surface area contributed by atoms with Crippen molar-refractivity contribution in [2.75, 3.05) is 20.1 Å². The van der Waals surface area contributed by atoms with Crippen molar-refractivity contribution < 1.29 is 4.79 Å². The van der Waals surface area contributed by atoms with E-state index < -0.39 is 0 Å². The van der Waals surface area contributed by atoms with Crippen molar-refractivity contribution in [1.82, 2.24) is 10.2 Å². The first-order valence-electron chi connectivity index (χ1n) is 6.05. The van der Waals surface area contributed by atoms with Gasteiger partial charge in [-0.3, -0.25) is 4.79 Å². The molecule has 0 fully saturated rings. The Kier molecular flexibility index (Phi) is 5.16. The Morgan fingerprint density at radius 2 is 2.06 bits per heavy atom. The Bertz CT molecular complexity index is 388. The van der Waals surface area contributed by atoms with Crippen LogP contribution in [0.5, 0.6) is 0 Å². The summed E-state index contributed by atoms with van der Waals surface area (Å²) in [4.78, 5) is 13.3. The van der Waals surface area contributed by atoms with Gasteiger partial charge in [0.15, 0.2) is 0 Å². The molecule has 1 N–H and O–H groups in total. The number of hydrogen-bond donors (Lipinski definition) is 1. The Labute approximate surface area is 104 Å². The molecule has 94 valence electrons. The van der Waals surface area contributed by atoms with Gasteiger partial charge in [0.2, 0.25) is 5.91 Å². The Morgan fingerprint density at radius 3 is 2.71 bits per heavy atom. The smallest absolute Gasteiger partial charge is 0.236 e. The molecular weight excluding hydrogens is 212 g/mol. The molecule has 0 saturated heterocycles. The maximum atomic E-state index is 11.6. The molecule has 1 aromatic carbocycles. The van der Waals surface area contributed by atoms with E-state index in [1.807, 2.05) is 14.0 Å². The van der Waals surface area contributed by atoms with Gasteiger partial charge in [-0.25, -0.2) is 0 Å². The number of nitrogens with zero attached hydrogens (tertiary/aromatic N) is 1. The molecular formula is C14H22N2O. The Hall–Kier alpha value is -1.35. The standard InChI is InChI=1S/C14H22N2O/c1-5-16(4)14(17)10-15-9-13-8-11(2)6-7-12(13)3/h6-8,15H,5,9-10H2,1-4H3. The molecule has 0 aliphatic carbocycles. The second-order valence-electron chi connectivity index (χ2n) is 4.44. The lowest BCUT2D eigenvalue weighted by Crippen LogP contribution is -2.35. The van der Waals surface area contributed by atoms with Gasteiger partial charge in [-0.05, 0) is 31.9 Å². The SMILES string of the molecule is CCN(C)C(=O)CNCc1cc(C)ccc1C. The molecule has 1 rings (SSSR count). The number of nitrogens with one attached hydrogen (secondary N) is 1. The number of carbonyl (C=O) groups excluding carboxylic acids is 1. The summed E-state index contributed by atoms with van der Waals surface area (Å²) in [5, 5.41) is 3.19. The minimum atomic E-state index is 0.137. The average molecular weight is 234 g/mol. The molecule has 1 aromatic rings. The predicted octanol–water partition coefficient (Wildman–Crippen LogP) is 1.87. The molecule has 0 saturated carbocycles. The molecule has 17 heavy (non-hydrogen) atoms. The first kappa shape index (κ1) is 13.7. The van der Waals surface area contributed by atoms with Gasteiger partial charge in [-0.1, -0.05) is 23.8 Å². The molecule has 0 heterocycles. The van der Waals surface area contributed by atoms with Crippen LogP contribution in [0.15, 0.2) is 18.2 Å². The molecule has 0 atom stereocenters. The predicted molar refractivity (Wildman–Crippen MR) is 70.9 cm³/mol. The summed E-state index contributed by atoms with van der Waals surface area (Å²) < 4.78 is 0. The van der Waals surface area contributed by atoms with Crippen LogP contribution in [0.2, 0.25) is 0 Å². The van der Waals surface area contributed by atoms with Gasteiger partial charge in [0.25, 0.3) is 0 Å². The largest absolute Gasteiger partial charge is 0.345 e. The topological polar surface area (TPSA) is 32.3 Å². The number of benzene rings is 1. The van der Waals surface area contributed by atoms with E-state index in [1.54, 1.807) is 4.90 Å². The number of hydrogen-bond acceptors (Lipinski definition) is 2. The zero-order valence-corrected chi connectivity index (χ0v) is 11.2. The van der Waals surface area contributed by atoms with E-state index in [9.17, 15) is 4.79 Å². The zero-order valence-electron chi connectivity index (χ0n) is 11.2. The first-order chi connectivity index (χ1) is 8.04. The third-order valence-electron chi connectivity index (χ3n) is 3.00. The highest BCUT2D eigenvalue weighted by Gasteiger charge is 2.05. The lowest BCUT2D eigenvalue weighted by molar-refractivity contribution is -0.128. The van der Waals surface area contributed by atoms with E-state index in [-0.39, 0.29) is 5.91 Å². The molecule has 0 aliphatic rings. The van der Waals surface area contributed by atoms with E-state index in [4.69, 9.17) is 0 Å². The van der Waals surface area contributed by atoms with Gasteiger partial charge in [0.05, 0.1) is 6.54 Å². The monoisotopic (exact) mass is 234 g/mol. The first-order valence-corrected chi connectivity index (χ1v) is 6.05. The average Bonchev–Trinajstić information content (AvgIpc) is 2.32. The molecule has 0 spiro atoms. The van der Waals surface area contributed by atoms with Gasteiger partial charge in [-0.2, -0.15) is 0 Å². The number of carbonyl (C=O) groups is 1. The molecule has 3 heteroatoms. The second kappa shape index (κ2) is 6.40. The van der Waals surface area contributed by atoms with Crippen molar-refractivity contribution in [1.29, 1.82) is 0 Å². The van der Waals surface area contributed by atoms with Crippen molar-refractivity contribution in [3.8, 4) is 0 Å². The summed E-state index contributed by atoms with van der Waals surface area (Å²) >= 11 is 0. The zero-order chi connectivity index (χ0) is 12.8. The summed E-state index contributed by atoms with van der Waals surface area (Å²) in [5.74, 6) is 0.137. The van der Waals surface area contributed by atoms with E-state index in [0.717, 1.165) is 13.1 Å². The van der Waals surface area contributed by atoms with Crippen LogP contribution in [0.1, 0.15) is 23.6 Å². The number of aryl methyl sites for hydroxylation is 2. The molecule has 0 unspecified atom stereocenters. The summed E-state index contributed by atoms with van der Waals surface area (Å²) in [7, 11) is 1.82. The van der Waals surface area contributed by atoms with Gasteiger partial charge in [0, 0.05) is 20.1 Å². The molecule has 0 aromatic heterocycles. The Morgan fingerprint density at radius 1 is 1.35 bits per heavy atom. The van der Waals surface area contributed by atoms with Crippen LogP contribution in [0.25, 0.3) is 0 Å². The van der Waals surface area contributed by atoms with E-state index in [2.05, 4.69) is 37.4 Å².